The number of carbonyl (C=O) groups is 4. The second-order valence-electron chi connectivity index (χ2n) is 11.6. The normalized spacial score (nSPS) is 19.8. The molecule has 0 radical (unpaired) electrons. The molecule has 12 heteroatoms. The van der Waals surface area contributed by atoms with E-state index in [4.69, 9.17) is 23.7 Å². The summed E-state index contributed by atoms with van der Waals surface area (Å²) in [5, 5.41) is 0. The van der Waals surface area contributed by atoms with Gasteiger partial charge in [-0.25, -0.2) is 27.6 Å². The number of sulfone groups is 1. The SMILES string of the molecule is O=C(OC[C@H]1O[C@@H](S(=O)(=O)c2ccccc2)[C@H](OC(=O)c2ccccc2)[C@@H](OC(=O)c2ccccc2)[C@@H]1OC(=O)c1ccccc1)c1ccccc1. The van der Waals surface area contributed by atoms with Crippen molar-refractivity contribution in [2.24, 2.45) is 0 Å². The van der Waals surface area contributed by atoms with Gasteiger partial charge in [-0.05, 0) is 60.7 Å². The van der Waals surface area contributed by atoms with Crippen LogP contribution in [-0.2, 0) is 33.5 Å². The van der Waals surface area contributed by atoms with Crippen molar-refractivity contribution < 1.29 is 51.3 Å². The Hall–Kier alpha value is -6.11. The summed E-state index contributed by atoms with van der Waals surface area (Å²) in [6, 6.07) is 38.7. The molecule has 5 aromatic rings. The van der Waals surface area contributed by atoms with Gasteiger partial charge >= 0.3 is 23.9 Å². The molecule has 1 heterocycles. The van der Waals surface area contributed by atoms with E-state index in [0.717, 1.165) is 0 Å². The maximum absolute atomic E-state index is 14.4. The first kappa shape index (κ1) is 35.7. The van der Waals surface area contributed by atoms with Crippen LogP contribution in [0.4, 0.5) is 0 Å². The van der Waals surface area contributed by atoms with Crippen molar-refractivity contribution in [3.05, 3.63) is 174 Å². The molecule has 5 atom stereocenters. The van der Waals surface area contributed by atoms with Gasteiger partial charge in [-0.15, -0.1) is 0 Å². The molecule has 5 aromatic carbocycles. The predicted molar refractivity (Wildman–Crippen MR) is 186 cm³/mol. The lowest BCUT2D eigenvalue weighted by Crippen LogP contribution is -2.64. The van der Waals surface area contributed by atoms with E-state index in [1.54, 1.807) is 78.9 Å². The van der Waals surface area contributed by atoms with Gasteiger partial charge in [-0.3, -0.25) is 0 Å². The van der Waals surface area contributed by atoms with E-state index in [9.17, 15) is 27.6 Å². The first-order chi connectivity index (χ1) is 25.2. The van der Waals surface area contributed by atoms with Crippen molar-refractivity contribution >= 4 is 33.7 Å². The first-order valence-corrected chi connectivity index (χ1v) is 17.7. The van der Waals surface area contributed by atoms with Crippen molar-refractivity contribution in [1.29, 1.82) is 0 Å². The molecule has 1 saturated heterocycles. The van der Waals surface area contributed by atoms with Crippen molar-refractivity contribution in [3.63, 3.8) is 0 Å². The van der Waals surface area contributed by atoms with Gasteiger partial charge in [0.1, 0.15) is 12.7 Å². The van der Waals surface area contributed by atoms with Crippen LogP contribution in [-0.4, -0.2) is 68.8 Å². The zero-order valence-corrected chi connectivity index (χ0v) is 28.2. The number of hydrogen-bond donors (Lipinski definition) is 0. The first-order valence-electron chi connectivity index (χ1n) is 16.2. The molecular weight excluding hydrogens is 688 g/mol. The molecule has 1 aliphatic heterocycles. The fourth-order valence-corrected chi connectivity index (χ4v) is 7.18. The van der Waals surface area contributed by atoms with Gasteiger partial charge < -0.3 is 23.7 Å². The van der Waals surface area contributed by atoms with E-state index < -0.39 is 70.2 Å². The Balaban J connectivity index is 1.47. The Bertz CT molecular complexity index is 2090. The lowest BCUT2D eigenvalue weighted by molar-refractivity contribution is -0.209. The van der Waals surface area contributed by atoms with Crippen molar-refractivity contribution in [1.82, 2.24) is 0 Å². The molecule has 0 unspecified atom stereocenters. The molecule has 264 valence electrons. The number of esters is 4. The molecule has 0 N–H and O–H groups in total. The lowest BCUT2D eigenvalue weighted by Gasteiger charge is -2.44. The summed E-state index contributed by atoms with van der Waals surface area (Å²) in [6.07, 6.45) is -6.92. The molecule has 11 nitrogen and oxygen atoms in total. The molecule has 6 rings (SSSR count). The Morgan fingerprint density at radius 1 is 0.462 bits per heavy atom. The van der Waals surface area contributed by atoms with E-state index >= 15 is 0 Å². The summed E-state index contributed by atoms with van der Waals surface area (Å²) >= 11 is 0. The second-order valence-corrected chi connectivity index (χ2v) is 13.6. The highest BCUT2D eigenvalue weighted by molar-refractivity contribution is 7.92. The van der Waals surface area contributed by atoms with Gasteiger partial charge in [0.15, 0.2) is 18.3 Å². The van der Waals surface area contributed by atoms with E-state index in [1.165, 1.54) is 72.8 Å². The van der Waals surface area contributed by atoms with Crippen LogP contribution >= 0.6 is 0 Å². The predicted octanol–water partition coefficient (Wildman–Crippen LogP) is 5.72. The van der Waals surface area contributed by atoms with E-state index in [2.05, 4.69) is 0 Å². The van der Waals surface area contributed by atoms with E-state index in [0.29, 0.717) is 0 Å². The molecular formula is C40H32O11S. The fourth-order valence-electron chi connectivity index (χ4n) is 5.52. The maximum Gasteiger partial charge on any atom is 0.338 e. The zero-order chi connectivity index (χ0) is 36.5. The van der Waals surface area contributed by atoms with E-state index in [1.807, 2.05) is 0 Å². The zero-order valence-electron chi connectivity index (χ0n) is 27.4. The van der Waals surface area contributed by atoms with Crippen molar-refractivity contribution in [2.75, 3.05) is 6.61 Å². The smallest absolute Gasteiger partial charge is 0.338 e. The van der Waals surface area contributed by atoms with Gasteiger partial charge in [0.25, 0.3) is 0 Å². The standard InChI is InChI=1S/C40H32O11S/c41-36(27-16-6-1-7-17-27)47-26-32-33(49-37(42)28-18-8-2-9-19-28)34(50-38(43)29-20-10-3-11-21-29)35(51-39(44)30-22-12-4-13-23-30)40(48-32)52(45,46)31-24-14-5-15-25-31/h1-25,32-35,40H,26H2/t32-,33-,34+,35-,40+/m1/s1. The maximum atomic E-state index is 14.4. The lowest BCUT2D eigenvalue weighted by atomic mass is 9.98. The Morgan fingerprint density at radius 3 is 1.23 bits per heavy atom. The summed E-state index contributed by atoms with van der Waals surface area (Å²) in [6.45, 7) is -0.653. The van der Waals surface area contributed by atoms with Crippen LogP contribution in [0.1, 0.15) is 41.4 Å². The average molecular weight is 721 g/mol. The quantitative estimate of drug-likeness (QED) is 0.122. The van der Waals surface area contributed by atoms with Gasteiger partial charge in [0, 0.05) is 0 Å². The van der Waals surface area contributed by atoms with Crippen molar-refractivity contribution in [3.8, 4) is 0 Å². The highest BCUT2D eigenvalue weighted by Crippen LogP contribution is 2.35. The molecule has 1 fully saturated rings. The van der Waals surface area contributed by atoms with Crippen LogP contribution in [0.3, 0.4) is 0 Å². The number of hydrogen-bond acceptors (Lipinski definition) is 11. The third kappa shape index (κ3) is 8.26. The third-order valence-corrected chi connectivity index (χ3v) is 10.0. The minimum Gasteiger partial charge on any atom is -0.459 e. The van der Waals surface area contributed by atoms with Crippen LogP contribution in [0, 0.1) is 0 Å². The van der Waals surface area contributed by atoms with Crippen LogP contribution in [0.25, 0.3) is 0 Å². The molecule has 0 aromatic heterocycles. The Morgan fingerprint density at radius 2 is 0.808 bits per heavy atom. The summed E-state index contributed by atoms with van der Waals surface area (Å²) in [5.74, 6) is -3.59. The highest BCUT2D eigenvalue weighted by atomic mass is 32.2. The monoisotopic (exact) mass is 720 g/mol. The van der Waals surface area contributed by atoms with Crippen LogP contribution < -0.4 is 0 Å². The number of rotatable bonds is 11. The Labute approximate surface area is 299 Å². The van der Waals surface area contributed by atoms with Gasteiger partial charge in [-0.1, -0.05) is 91.0 Å². The summed E-state index contributed by atoms with van der Waals surface area (Å²) in [5.41, 5.74) is -1.62. The molecule has 0 saturated carbocycles. The number of carbonyl (C=O) groups excluding carboxylic acids is 4. The summed E-state index contributed by atoms with van der Waals surface area (Å²) in [7, 11) is -4.57. The minimum atomic E-state index is -4.57. The average Bonchev–Trinajstić information content (AvgIpc) is 3.19. The largest absolute Gasteiger partial charge is 0.459 e. The fraction of sp³-hybridized carbons (Fsp3) is 0.150. The van der Waals surface area contributed by atoms with Crippen LogP contribution in [0.5, 0.6) is 0 Å². The highest BCUT2D eigenvalue weighted by Gasteiger charge is 2.57. The minimum absolute atomic E-state index is 0.0586. The molecule has 52 heavy (non-hydrogen) atoms. The number of ether oxygens (including phenoxy) is 5. The van der Waals surface area contributed by atoms with Crippen LogP contribution in [0.2, 0.25) is 0 Å². The van der Waals surface area contributed by atoms with Crippen molar-refractivity contribution in [2.45, 2.75) is 34.7 Å². The molecule has 0 spiro atoms. The molecule has 0 bridgehead atoms. The molecule has 0 aliphatic carbocycles. The third-order valence-electron chi connectivity index (χ3n) is 8.11. The summed E-state index contributed by atoms with van der Waals surface area (Å²) < 4.78 is 58.4. The van der Waals surface area contributed by atoms with E-state index in [-0.39, 0.29) is 27.1 Å². The van der Waals surface area contributed by atoms with Gasteiger partial charge in [0.05, 0.1) is 27.1 Å². The van der Waals surface area contributed by atoms with Gasteiger partial charge in [-0.2, -0.15) is 0 Å². The van der Waals surface area contributed by atoms with Gasteiger partial charge in [0.2, 0.25) is 15.3 Å². The second kappa shape index (κ2) is 16.3. The topological polar surface area (TPSA) is 149 Å². The van der Waals surface area contributed by atoms with Crippen LogP contribution in [0.15, 0.2) is 157 Å². The number of benzene rings is 5. The molecule has 1 aliphatic rings. The Kier molecular flexibility index (Phi) is 11.2. The summed E-state index contributed by atoms with van der Waals surface area (Å²) in [4.78, 5) is 53.9. The molecule has 0 amide bonds.